The average molecular weight is 340 g/mol. The quantitative estimate of drug-likeness (QED) is 0.901. The Hall–Kier alpha value is -2.20. The predicted octanol–water partition coefficient (Wildman–Crippen LogP) is 3.66. The SMILES string of the molecule is Cc1ccc(CN2CCC(C(=O)NCc3ccc(F)cc3)CC2)cc1. The molecule has 1 aliphatic rings. The van der Waals surface area contributed by atoms with E-state index in [2.05, 4.69) is 41.4 Å². The molecule has 0 radical (unpaired) electrons. The molecule has 1 heterocycles. The van der Waals surface area contributed by atoms with Crippen molar-refractivity contribution in [3.05, 3.63) is 71.0 Å². The van der Waals surface area contributed by atoms with Gasteiger partial charge in [0, 0.05) is 19.0 Å². The Morgan fingerprint density at radius 1 is 1.04 bits per heavy atom. The second-order valence-corrected chi connectivity index (χ2v) is 6.88. The summed E-state index contributed by atoms with van der Waals surface area (Å²) >= 11 is 0. The molecular weight excluding hydrogens is 315 g/mol. The van der Waals surface area contributed by atoms with Crippen molar-refractivity contribution < 1.29 is 9.18 Å². The van der Waals surface area contributed by atoms with Crippen molar-refractivity contribution in [2.75, 3.05) is 13.1 Å². The number of halogens is 1. The minimum Gasteiger partial charge on any atom is -0.352 e. The van der Waals surface area contributed by atoms with Gasteiger partial charge in [0.15, 0.2) is 0 Å². The van der Waals surface area contributed by atoms with Crippen LogP contribution in [-0.2, 0) is 17.9 Å². The fraction of sp³-hybridized carbons (Fsp3) is 0.381. The lowest BCUT2D eigenvalue weighted by Gasteiger charge is -2.31. The number of rotatable bonds is 5. The van der Waals surface area contributed by atoms with Crippen LogP contribution in [0.25, 0.3) is 0 Å². The van der Waals surface area contributed by atoms with Gasteiger partial charge in [-0.25, -0.2) is 4.39 Å². The fourth-order valence-electron chi connectivity index (χ4n) is 3.24. The zero-order valence-electron chi connectivity index (χ0n) is 14.7. The monoisotopic (exact) mass is 340 g/mol. The molecule has 1 N–H and O–H groups in total. The zero-order valence-corrected chi connectivity index (χ0v) is 14.7. The number of likely N-dealkylation sites (tertiary alicyclic amines) is 1. The summed E-state index contributed by atoms with van der Waals surface area (Å²) in [7, 11) is 0. The van der Waals surface area contributed by atoms with Gasteiger partial charge in [-0.2, -0.15) is 0 Å². The Labute approximate surface area is 148 Å². The van der Waals surface area contributed by atoms with E-state index in [-0.39, 0.29) is 17.6 Å². The molecule has 1 saturated heterocycles. The van der Waals surface area contributed by atoms with Gasteiger partial charge in [-0.1, -0.05) is 42.0 Å². The Morgan fingerprint density at radius 3 is 2.28 bits per heavy atom. The highest BCUT2D eigenvalue weighted by Crippen LogP contribution is 2.19. The first-order valence-corrected chi connectivity index (χ1v) is 8.90. The lowest BCUT2D eigenvalue weighted by atomic mass is 9.95. The number of hydrogen-bond donors (Lipinski definition) is 1. The molecule has 132 valence electrons. The van der Waals surface area contributed by atoms with Crippen molar-refractivity contribution in [3.8, 4) is 0 Å². The first kappa shape index (κ1) is 17.6. The molecule has 25 heavy (non-hydrogen) atoms. The van der Waals surface area contributed by atoms with Crippen LogP contribution in [0, 0.1) is 18.7 Å². The third-order valence-corrected chi connectivity index (χ3v) is 4.87. The zero-order chi connectivity index (χ0) is 17.6. The molecule has 1 aliphatic heterocycles. The number of piperidine rings is 1. The van der Waals surface area contributed by atoms with Crippen LogP contribution in [0.1, 0.15) is 29.5 Å². The third kappa shape index (κ3) is 5.13. The molecule has 2 aromatic rings. The van der Waals surface area contributed by atoms with Crippen molar-refractivity contribution in [1.82, 2.24) is 10.2 Å². The van der Waals surface area contributed by atoms with Crippen LogP contribution in [0.5, 0.6) is 0 Å². The number of carbonyl (C=O) groups excluding carboxylic acids is 1. The van der Waals surface area contributed by atoms with Gasteiger partial charge in [-0.15, -0.1) is 0 Å². The standard InChI is InChI=1S/C21H25FN2O/c1-16-2-4-18(5-3-16)15-24-12-10-19(11-13-24)21(25)23-14-17-6-8-20(22)9-7-17/h2-9,19H,10-15H2,1H3,(H,23,25). The van der Waals surface area contributed by atoms with Crippen LogP contribution in [0.15, 0.2) is 48.5 Å². The molecule has 3 nitrogen and oxygen atoms in total. The molecule has 0 spiro atoms. The summed E-state index contributed by atoms with van der Waals surface area (Å²) in [5.41, 5.74) is 3.52. The number of aryl methyl sites for hydroxylation is 1. The van der Waals surface area contributed by atoms with E-state index in [9.17, 15) is 9.18 Å². The third-order valence-electron chi connectivity index (χ3n) is 4.87. The highest BCUT2D eigenvalue weighted by atomic mass is 19.1. The molecule has 3 rings (SSSR count). The Balaban J connectivity index is 1.42. The summed E-state index contributed by atoms with van der Waals surface area (Å²) in [4.78, 5) is 14.7. The van der Waals surface area contributed by atoms with Gasteiger partial charge in [-0.3, -0.25) is 9.69 Å². The van der Waals surface area contributed by atoms with Gasteiger partial charge < -0.3 is 5.32 Å². The first-order valence-electron chi connectivity index (χ1n) is 8.90. The number of carbonyl (C=O) groups is 1. The molecule has 0 unspecified atom stereocenters. The summed E-state index contributed by atoms with van der Waals surface area (Å²) in [5.74, 6) is -0.0648. The van der Waals surface area contributed by atoms with E-state index in [4.69, 9.17) is 0 Å². The van der Waals surface area contributed by atoms with Crippen molar-refractivity contribution in [3.63, 3.8) is 0 Å². The largest absolute Gasteiger partial charge is 0.352 e. The maximum absolute atomic E-state index is 12.9. The Morgan fingerprint density at radius 2 is 1.64 bits per heavy atom. The van der Waals surface area contributed by atoms with Crippen LogP contribution >= 0.6 is 0 Å². The molecule has 0 bridgehead atoms. The number of nitrogens with one attached hydrogen (secondary N) is 1. The van der Waals surface area contributed by atoms with Crippen LogP contribution in [0.4, 0.5) is 4.39 Å². The summed E-state index contributed by atoms with van der Waals surface area (Å²) in [6.45, 7) is 5.40. The second kappa shape index (κ2) is 8.26. The Bertz CT molecular complexity index is 689. The van der Waals surface area contributed by atoms with Crippen molar-refractivity contribution in [2.45, 2.75) is 32.9 Å². The molecule has 4 heteroatoms. The number of hydrogen-bond acceptors (Lipinski definition) is 2. The fourth-order valence-corrected chi connectivity index (χ4v) is 3.24. The lowest BCUT2D eigenvalue weighted by molar-refractivity contribution is -0.126. The normalized spacial score (nSPS) is 15.9. The van der Waals surface area contributed by atoms with Gasteiger partial charge in [0.25, 0.3) is 0 Å². The summed E-state index contributed by atoms with van der Waals surface area (Å²) in [5, 5.41) is 2.98. The van der Waals surface area contributed by atoms with Crippen LogP contribution < -0.4 is 5.32 Å². The van der Waals surface area contributed by atoms with E-state index in [1.807, 2.05) is 0 Å². The lowest BCUT2D eigenvalue weighted by Crippen LogP contribution is -2.40. The molecule has 2 aromatic carbocycles. The maximum atomic E-state index is 12.9. The van der Waals surface area contributed by atoms with Gasteiger partial charge in [0.1, 0.15) is 5.82 Å². The van der Waals surface area contributed by atoms with Crippen molar-refractivity contribution in [1.29, 1.82) is 0 Å². The highest BCUT2D eigenvalue weighted by molar-refractivity contribution is 5.78. The van der Waals surface area contributed by atoms with Crippen LogP contribution in [-0.4, -0.2) is 23.9 Å². The van der Waals surface area contributed by atoms with Gasteiger partial charge >= 0.3 is 0 Å². The molecule has 0 atom stereocenters. The van der Waals surface area contributed by atoms with Crippen molar-refractivity contribution >= 4 is 5.91 Å². The highest BCUT2D eigenvalue weighted by Gasteiger charge is 2.24. The molecule has 0 aliphatic carbocycles. The van der Waals surface area contributed by atoms with Gasteiger partial charge in [0.05, 0.1) is 0 Å². The maximum Gasteiger partial charge on any atom is 0.223 e. The minimum absolute atomic E-state index is 0.0784. The topological polar surface area (TPSA) is 32.3 Å². The van der Waals surface area contributed by atoms with Crippen LogP contribution in [0.3, 0.4) is 0 Å². The summed E-state index contributed by atoms with van der Waals surface area (Å²) in [6, 6.07) is 14.9. The number of benzene rings is 2. The van der Waals surface area contributed by atoms with E-state index in [0.29, 0.717) is 6.54 Å². The average Bonchev–Trinajstić information content (AvgIpc) is 2.63. The van der Waals surface area contributed by atoms with Gasteiger partial charge in [-0.05, 0) is 56.1 Å². The van der Waals surface area contributed by atoms with Gasteiger partial charge in [0.2, 0.25) is 5.91 Å². The number of amides is 1. The first-order chi connectivity index (χ1) is 12.1. The molecule has 1 amide bonds. The molecule has 0 aromatic heterocycles. The molecule has 0 saturated carbocycles. The minimum atomic E-state index is -0.254. The molecular formula is C21H25FN2O. The van der Waals surface area contributed by atoms with Crippen LogP contribution in [0.2, 0.25) is 0 Å². The van der Waals surface area contributed by atoms with E-state index in [1.54, 1.807) is 12.1 Å². The number of nitrogens with zero attached hydrogens (tertiary/aromatic N) is 1. The van der Waals surface area contributed by atoms with E-state index >= 15 is 0 Å². The Kier molecular flexibility index (Phi) is 5.82. The van der Waals surface area contributed by atoms with E-state index in [0.717, 1.165) is 38.0 Å². The van der Waals surface area contributed by atoms with Crippen molar-refractivity contribution in [2.24, 2.45) is 5.92 Å². The molecule has 1 fully saturated rings. The van der Waals surface area contributed by atoms with E-state index < -0.39 is 0 Å². The predicted molar refractivity (Wildman–Crippen MR) is 97.4 cm³/mol. The van der Waals surface area contributed by atoms with E-state index in [1.165, 1.54) is 23.3 Å². The summed E-state index contributed by atoms with van der Waals surface area (Å²) in [6.07, 6.45) is 1.78. The summed E-state index contributed by atoms with van der Waals surface area (Å²) < 4.78 is 12.9. The second-order valence-electron chi connectivity index (χ2n) is 6.88. The smallest absolute Gasteiger partial charge is 0.223 e.